The molecule has 0 bridgehead atoms. The highest BCUT2D eigenvalue weighted by molar-refractivity contribution is 6.05. The Kier molecular flexibility index (Phi) is 6.39. The van der Waals surface area contributed by atoms with Gasteiger partial charge in [-0.3, -0.25) is 4.79 Å². The quantitative estimate of drug-likeness (QED) is 0.677. The minimum Gasteiger partial charge on any atom is -0.497 e. The zero-order valence-corrected chi connectivity index (χ0v) is 17.5. The van der Waals surface area contributed by atoms with Crippen LogP contribution in [0.3, 0.4) is 0 Å². The lowest BCUT2D eigenvalue weighted by atomic mass is 10.1. The van der Waals surface area contributed by atoms with Gasteiger partial charge in [-0.25, -0.2) is 4.79 Å². The van der Waals surface area contributed by atoms with Crippen molar-refractivity contribution in [1.82, 2.24) is 4.90 Å². The zero-order chi connectivity index (χ0) is 21.8. The maximum absolute atomic E-state index is 13.1. The van der Waals surface area contributed by atoms with Gasteiger partial charge in [-0.2, -0.15) is 0 Å². The maximum atomic E-state index is 13.1. The minimum absolute atomic E-state index is 0.245. The van der Waals surface area contributed by atoms with E-state index >= 15 is 0 Å². The predicted molar refractivity (Wildman–Crippen MR) is 111 cm³/mol. The highest BCUT2D eigenvalue weighted by Gasteiger charge is 2.40. The molecule has 1 amide bonds. The highest BCUT2D eigenvalue weighted by Crippen LogP contribution is 2.25. The number of hydrogen-bond acceptors (Lipinski definition) is 7. The summed E-state index contributed by atoms with van der Waals surface area (Å²) in [6.07, 6.45) is -0.775. The second-order valence-corrected chi connectivity index (χ2v) is 7.41. The summed E-state index contributed by atoms with van der Waals surface area (Å²) < 4.78 is 28.0. The van der Waals surface area contributed by atoms with Gasteiger partial charge >= 0.3 is 5.97 Å². The SMILES string of the molecule is COC(=O)c1ccccc1C(=O)N1C[C@@H]2OCC(Oc3cccc(OC)c3)CO[C@H]2C1. The van der Waals surface area contributed by atoms with Crippen molar-refractivity contribution in [2.24, 2.45) is 0 Å². The third kappa shape index (κ3) is 4.65. The Hall–Kier alpha value is -3.10. The number of nitrogens with zero attached hydrogens (tertiary/aromatic N) is 1. The first-order valence-electron chi connectivity index (χ1n) is 10.1. The molecule has 8 nitrogen and oxygen atoms in total. The van der Waals surface area contributed by atoms with Gasteiger partial charge in [-0.05, 0) is 24.3 Å². The van der Waals surface area contributed by atoms with E-state index in [1.165, 1.54) is 7.11 Å². The van der Waals surface area contributed by atoms with E-state index < -0.39 is 5.97 Å². The van der Waals surface area contributed by atoms with Gasteiger partial charge < -0.3 is 28.6 Å². The van der Waals surface area contributed by atoms with E-state index in [0.29, 0.717) is 43.4 Å². The largest absolute Gasteiger partial charge is 0.497 e. The number of ether oxygens (including phenoxy) is 5. The van der Waals surface area contributed by atoms with Crippen LogP contribution in [0.4, 0.5) is 0 Å². The molecule has 8 heteroatoms. The fourth-order valence-electron chi connectivity index (χ4n) is 3.80. The summed E-state index contributed by atoms with van der Waals surface area (Å²) >= 11 is 0. The van der Waals surface area contributed by atoms with Crippen LogP contribution in [0.25, 0.3) is 0 Å². The molecule has 0 N–H and O–H groups in total. The average Bonchev–Trinajstić information content (AvgIpc) is 3.14. The van der Waals surface area contributed by atoms with E-state index in [1.54, 1.807) is 36.3 Å². The van der Waals surface area contributed by atoms with Crippen LogP contribution in [0.1, 0.15) is 20.7 Å². The predicted octanol–water partition coefficient (Wildman–Crippen LogP) is 2.17. The summed E-state index contributed by atoms with van der Waals surface area (Å²) in [6, 6.07) is 14.0. The van der Waals surface area contributed by atoms with Crippen molar-refractivity contribution in [2.75, 3.05) is 40.5 Å². The first kappa shape index (κ1) is 21.1. The first-order valence-corrected chi connectivity index (χ1v) is 10.1. The molecule has 2 fully saturated rings. The van der Waals surface area contributed by atoms with E-state index in [0.717, 1.165) is 0 Å². The van der Waals surface area contributed by atoms with Crippen LogP contribution in [-0.4, -0.2) is 75.6 Å². The van der Waals surface area contributed by atoms with Crippen molar-refractivity contribution in [3.05, 3.63) is 59.7 Å². The van der Waals surface area contributed by atoms with Crippen molar-refractivity contribution in [3.63, 3.8) is 0 Å². The zero-order valence-electron chi connectivity index (χ0n) is 17.5. The number of hydrogen-bond donors (Lipinski definition) is 0. The van der Waals surface area contributed by atoms with Crippen molar-refractivity contribution in [3.8, 4) is 11.5 Å². The van der Waals surface area contributed by atoms with E-state index in [-0.39, 0.29) is 29.8 Å². The van der Waals surface area contributed by atoms with Gasteiger partial charge in [-0.1, -0.05) is 18.2 Å². The van der Waals surface area contributed by atoms with Gasteiger partial charge in [0.25, 0.3) is 5.91 Å². The Labute approximate surface area is 180 Å². The molecular weight excluding hydrogens is 402 g/mol. The molecular formula is C23H25NO7. The molecule has 4 rings (SSSR count). The molecule has 0 saturated carbocycles. The van der Waals surface area contributed by atoms with Gasteiger partial charge in [0.05, 0.1) is 38.6 Å². The second-order valence-electron chi connectivity index (χ2n) is 7.41. The maximum Gasteiger partial charge on any atom is 0.338 e. The standard InChI is InChI=1S/C23H25NO7/c1-27-15-6-5-7-16(10-15)31-17-13-29-20-11-24(12-21(20)30-14-17)22(25)18-8-3-4-9-19(18)23(26)28-2/h3-10,17,20-21H,11-14H2,1-2H3/t20-,21-/m0/s1. The minimum atomic E-state index is -0.539. The topological polar surface area (TPSA) is 83.5 Å². The van der Waals surface area contributed by atoms with Crippen LogP contribution in [-0.2, 0) is 14.2 Å². The Balaban J connectivity index is 1.38. The van der Waals surface area contributed by atoms with Crippen molar-refractivity contribution in [1.29, 1.82) is 0 Å². The Morgan fingerprint density at radius 3 is 2.19 bits per heavy atom. The molecule has 164 valence electrons. The normalized spacial score (nSPS) is 21.2. The van der Waals surface area contributed by atoms with E-state index in [9.17, 15) is 9.59 Å². The Morgan fingerprint density at radius 2 is 1.55 bits per heavy atom. The van der Waals surface area contributed by atoms with Crippen molar-refractivity contribution >= 4 is 11.9 Å². The number of esters is 1. The molecule has 31 heavy (non-hydrogen) atoms. The Bertz CT molecular complexity index is 931. The smallest absolute Gasteiger partial charge is 0.338 e. The van der Waals surface area contributed by atoms with Crippen LogP contribution < -0.4 is 9.47 Å². The molecule has 0 radical (unpaired) electrons. The molecule has 0 aliphatic carbocycles. The lowest BCUT2D eigenvalue weighted by Gasteiger charge is -2.20. The second kappa shape index (κ2) is 9.36. The average molecular weight is 427 g/mol. The first-order chi connectivity index (χ1) is 15.1. The number of fused-ring (bicyclic) bond motifs is 1. The van der Waals surface area contributed by atoms with E-state index in [1.807, 2.05) is 24.3 Å². The molecule has 0 spiro atoms. The van der Waals surface area contributed by atoms with E-state index in [2.05, 4.69) is 0 Å². The van der Waals surface area contributed by atoms with Gasteiger partial charge in [-0.15, -0.1) is 0 Å². The molecule has 0 aromatic heterocycles. The van der Waals surface area contributed by atoms with Gasteiger partial charge in [0.15, 0.2) is 0 Å². The molecule has 2 atom stereocenters. The number of methoxy groups -OCH3 is 2. The summed E-state index contributed by atoms with van der Waals surface area (Å²) in [5.41, 5.74) is 0.556. The molecule has 2 aromatic rings. The summed E-state index contributed by atoms with van der Waals surface area (Å²) in [6.45, 7) is 1.45. The van der Waals surface area contributed by atoms with Gasteiger partial charge in [0.1, 0.15) is 29.8 Å². The number of amides is 1. The lowest BCUT2D eigenvalue weighted by Crippen LogP contribution is -2.33. The molecule has 2 aromatic carbocycles. The summed E-state index contributed by atoms with van der Waals surface area (Å²) in [5.74, 6) is 0.610. The van der Waals surface area contributed by atoms with Crippen LogP contribution in [0, 0.1) is 0 Å². The number of benzene rings is 2. The molecule has 0 unspecified atom stereocenters. The molecule has 2 heterocycles. The van der Waals surface area contributed by atoms with Crippen LogP contribution in [0.2, 0.25) is 0 Å². The number of carbonyl (C=O) groups is 2. The Morgan fingerprint density at radius 1 is 0.903 bits per heavy atom. The summed E-state index contributed by atoms with van der Waals surface area (Å²) in [5, 5.41) is 0. The lowest BCUT2D eigenvalue weighted by molar-refractivity contribution is -0.00461. The summed E-state index contributed by atoms with van der Waals surface area (Å²) in [7, 11) is 2.90. The van der Waals surface area contributed by atoms with Gasteiger partial charge in [0.2, 0.25) is 0 Å². The van der Waals surface area contributed by atoms with Crippen LogP contribution in [0.15, 0.2) is 48.5 Å². The third-order valence-electron chi connectivity index (χ3n) is 5.40. The monoisotopic (exact) mass is 427 g/mol. The fourth-order valence-corrected chi connectivity index (χ4v) is 3.80. The van der Waals surface area contributed by atoms with Crippen molar-refractivity contribution < 1.29 is 33.3 Å². The number of rotatable bonds is 5. The van der Waals surface area contributed by atoms with Gasteiger partial charge in [0, 0.05) is 19.2 Å². The van der Waals surface area contributed by atoms with Crippen LogP contribution >= 0.6 is 0 Å². The van der Waals surface area contributed by atoms with Crippen LogP contribution in [0.5, 0.6) is 11.5 Å². The van der Waals surface area contributed by atoms with Crippen molar-refractivity contribution in [2.45, 2.75) is 18.3 Å². The summed E-state index contributed by atoms with van der Waals surface area (Å²) in [4.78, 5) is 26.7. The number of carbonyl (C=O) groups excluding carboxylic acids is 2. The third-order valence-corrected chi connectivity index (χ3v) is 5.40. The highest BCUT2D eigenvalue weighted by atomic mass is 16.6. The molecule has 2 aliphatic rings. The molecule has 2 saturated heterocycles. The molecule has 2 aliphatic heterocycles. The van der Waals surface area contributed by atoms with E-state index in [4.69, 9.17) is 23.7 Å². The fraction of sp³-hybridized carbons (Fsp3) is 0.391. The number of likely N-dealkylation sites (tertiary alicyclic amines) is 1.